The average Bonchev–Trinajstić information content (AvgIpc) is 2.92. The zero-order valence-corrected chi connectivity index (χ0v) is 13.2. The minimum atomic E-state index is -0.515. The number of fused-ring (bicyclic) bond motifs is 2. The second kappa shape index (κ2) is 5.62. The molecule has 0 aromatic heterocycles. The molecular weight excluding hydrogens is 326 g/mol. The fourth-order valence-corrected chi connectivity index (χ4v) is 3.23. The van der Waals surface area contributed by atoms with E-state index >= 15 is 0 Å². The number of hydrazone groups is 1. The third-order valence-electron chi connectivity index (χ3n) is 4.01. The number of nitrogens with one attached hydrogen (secondary N) is 1. The summed E-state index contributed by atoms with van der Waals surface area (Å²) in [5.74, 6) is -0.358. The number of nitrogens with zero attached hydrogens (tertiary/aromatic N) is 2. The van der Waals surface area contributed by atoms with Crippen molar-refractivity contribution in [2.75, 3.05) is 6.54 Å². The van der Waals surface area contributed by atoms with Crippen LogP contribution >= 0.6 is 11.6 Å². The van der Waals surface area contributed by atoms with Crippen molar-refractivity contribution in [2.45, 2.75) is 0 Å². The number of hydrogen-bond donors (Lipinski definition) is 1. The van der Waals surface area contributed by atoms with E-state index in [2.05, 4.69) is 10.4 Å². The molecule has 24 heavy (non-hydrogen) atoms. The van der Waals surface area contributed by atoms with Crippen LogP contribution in [0.2, 0.25) is 5.02 Å². The average molecular weight is 338 g/mol. The summed E-state index contributed by atoms with van der Waals surface area (Å²) in [7, 11) is 0. The molecule has 0 atom stereocenters. The van der Waals surface area contributed by atoms with Gasteiger partial charge in [-0.3, -0.25) is 10.1 Å². The molecule has 0 saturated carbocycles. The van der Waals surface area contributed by atoms with E-state index in [4.69, 9.17) is 11.6 Å². The molecule has 0 aliphatic carbocycles. The van der Waals surface area contributed by atoms with Crippen molar-refractivity contribution in [3.8, 4) is 0 Å². The quantitative estimate of drug-likeness (QED) is 0.442. The van der Waals surface area contributed by atoms with Gasteiger partial charge in [-0.1, -0.05) is 60.1 Å². The maximum atomic E-state index is 11.6. The largest absolute Gasteiger partial charge is 0.344 e. The summed E-state index contributed by atoms with van der Waals surface area (Å²) in [5, 5.41) is 11.9. The maximum Gasteiger partial charge on any atom is 0.344 e. The van der Waals surface area contributed by atoms with Crippen LogP contribution in [0.15, 0.2) is 53.6 Å². The summed E-state index contributed by atoms with van der Waals surface area (Å²) in [4.78, 5) is 22.9. The fourth-order valence-electron chi connectivity index (χ4n) is 2.90. The van der Waals surface area contributed by atoms with Crippen LogP contribution in [0.3, 0.4) is 0 Å². The van der Waals surface area contributed by atoms with Crippen LogP contribution in [0.4, 0.5) is 4.79 Å². The van der Waals surface area contributed by atoms with Crippen molar-refractivity contribution in [3.63, 3.8) is 0 Å². The Morgan fingerprint density at radius 3 is 2.00 bits per heavy atom. The molecule has 0 bridgehead atoms. The monoisotopic (exact) mass is 337 g/mol. The molecule has 4 rings (SSSR count). The predicted molar refractivity (Wildman–Crippen MR) is 94.3 cm³/mol. The number of amides is 3. The smallest absolute Gasteiger partial charge is 0.275 e. The number of rotatable bonds is 2. The van der Waals surface area contributed by atoms with Crippen molar-refractivity contribution in [3.05, 3.63) is 59.1 Å². The fraction of sp³-hybridized carbons (Fsp3) is 0.0556. The third kappa shape index (κ3) is 2.30. The number of benzene rings is 3. The van der Waals surface area contributed by atoms with E-state index in [0.717, 1.165) is 32.1 Å². The van der Waals surface area contributed by atoms with Crippen LogP contribution in [-0.2, 0) is 4.79 Å². The lowest BCUT2D eigenvalue weighted by Crippen LogP contribution is -2.24. The van der Waals surface area contributed by atoms with Gasteiger partial charge >= 0.3 is 6.03 Å². The lowest BCUT2D eigenvalue weighted by Gasteiger charge is -2.11. The lowest BCUT2D eigenvalue weighted by molar-refractivity contribution is -0.118. The summed E-state index contributed by atoms with van der Waals surface area (Å²) < 4.78 is 0. The first-order chi connectivity index (χ1) is 11.6. The number of hydrogen-bond acceptors (Lipinski definition) is 3. The van der Waals surface area contributed by atoms with E-state index in [9.17, 15) is 9.59 Å². The number of carbonyl (C=O) groups excluding carboxylic acids is 2. The van der Waals surface area contributed by atoms with Gasteiger partial charge in [-0.05, 0) is 10.8 Å². The highest BCUT2D eigenvalue weighted by atomic mass is 35.5. The Morgan fingerprint density at radius 2 is 1.50 bits per heavy atom. The van der Waals surface area contributed by atoms with Crippen LogP contribution in [0.25, 0.3) is 21.5 Å². The Kier molecular flexibility index (Phi) is 3.43. The number of urea groups is 1. The summed E-state index contributed by atoms with van der Waals surface area (Å²) in [6.07, 6.45) is 1.61. The van der Waals surface area contributed by atoms with Crippen LogP contribution in [0.1, 0.15) is 5.56 Å². The second-order valence-electron chi connectivity index (χ2n) is 5.47. The first-order valence-corrected chi connectivity index (χ1v) is 7.77. The lowest BCUT2D eigenvalue weighted by atomic mass is 9.97. The molecule has 5 nitrogen and oxygen atoms in total. The third-order valence-corrected chi connectivity index (χ3v) is 4.41. The van der Waals surface area contributed by atoms with Crippen molar-refractivity contribution in [2.24, 2.45) is 5.10 Å². The zero-order valence-electron chi connectivity index (χ0n) is 12.5. The molecule has 3 aromatic rings. The minimum Gasteiger partial charge on any atom is -0.275 e. The highest BCUT2D eigenvalue weighted by molar-refractivity contribution is 6.42. The molecule has 1 aliphatic rings. The van der Waals surface area contributed by atoms with E-state index in [0.29, 0.717) is 5.02 Å². The van der Waals surface area contributed by atoms with Gasteiger partial charge in [0.2, 0.25) is 5.91 Å². The van der Waals surface area contributed by atoms with E-state index in [-0.39, 0.29) is 12.5 Å². The minimum absolute atomic E-state index is 0.0706. The molecule has 6 heteroatoms. The van der Waals surface area contributed by atoms with Crippen molar-refractivity contribution >= 4 is 51.3 Å². The van der Waals surface area contributed by atoms with Gasteiger partial charge in [-0.25, -0.2) is 9.80 Å². The molecule has 0 radical (unpaired) electrons. The van der Waals surface area contributed by atoms with Crippen LogP contribution in [-0.4, -0.2) is 29.7 Å². The molecule has 0 unspecified atom stereocenters. The molecule has 118 valence electrons. The Morgan fingerprint density at radius 1 is 0.958 bits per heavy atom. The van der Waals surface area contributed by atoms with Gasteiger partial charge in [0.15, 0.2) is 0 Å². The van der Waals surface area contributed by atoms with Crippen LogP contribution in [0.5, 0.6) is 0 Å². The predicted octanol–water partition coefficient (Wildman–Crippen LogP) is 3.53. The van der Waals surface area contributed by atoms with Crippen LogP contribution in [0, 0.1) is 0 Å². The molecule has 3 aromatic carbocycles. The Labute approximate surface area is 142 Å². The first-order valence-electron chi connectivity index (χ1n) is 7.39. The SMILES string of the molecule is O=C1CN(/N=C/c2c3ccccc3c(Cl)c3ccccc23)C(=O)N1. The summed E-state index contributed by atoms with van der Waals surface area (Å²) >= 11 is 6.55. The topological polar surface area (TPSA) is 61.8 Å². The molecule has 3 amide bonds. The van der Waals surface area contributed by atoms with E-state index in [1.54, 1.807) is 6.21 Å². The Balaban J connectivity index is 1.94. The van der Waals surface area contributed by atoms with Gasteiger partial charge in [0, 0.05) is 16.3 Å². The van der Waals surface area contributed by atoms with E-state index in [1.807, 2.05) is 48.5 Å². The molecule has 1 heterocycles. The standard InChI is InChI=1S/C18H12ClN3O2/c19-17-13-7-3-1-5-11(13)15(12-6-2-4-8-14(12)17)9-20-22-10-16(23)21-18(22)24/h1-9H,10H2,(H,21,23,24)/b20-9+. The number of halogens is 1. The van der Waals surface area contributed by atoms with Gasteiger partial charge < -0.3 is 0 Å². The normalized spacial score (nSPS) is 15.0. The van der Waals surface area contributed by atoms with Crippen molar-refractivity contribution in [1.82, 2.24) is 10.3 Å². The highest BCUT2D eigenvalue weighted by Crippen LogP contribution is 2.35. The second-order valence-corrected chi connectivity index (χ2v) is 5.85. The summed E-state index contributed by atoms with van der Waals surface area (Å²) in [5.41, 5.74) is 0.859. The van der Waals surface area contributed by atoms with E-state index < -0.39 is 6.03 Å². The summed E-state index contributed by atoms with van der Waals surface area (Å²) in [6, 6.07) is 15.0. The van der Waals surface area contributed by atoms with Gasteiger partial charge in [0.1, 0.15) is 6.54 Å². The van der Waals surface area contributed by atoms with Gasteiger partial charge in [-0.2, -0.15) is 5.10 Å². The van der Waals surface area contributed by atoms with Crippen molar-refractivity contribution < 1.29 is 9.59 Å². The van der Waals surface area contributed by atoms with Gasteiger partial charge in [0.25, 0.3) is 0 Å². The zero-order chi connectivity index (χ0) is 16.7. The summed E-state index contributed by atoms with van der Waals surface area (Å²) in [6.45, 7) is -0.0706. The van der Waals surface area contributed by atoms with Crippen LogP contribution < -0.4 is 5.32 Å². The molecule has 1 N–H and O–H groups in total. The molecular formula is C18H12ClN3O2. The van der Waals surface area contributed by atoms with Crippen molar-refractivity contribution in [1.29, 1.82) is 0 Å². The number of carbonyl (C=O) groups is 2. The maximum absolute atomic E-state index is 11.6. The van der Waals surface area contributed by atoms with E-state index in [1.165, 1.54) is 0 Å². The van der Waals surface area contributed by atoms with Gasteiger partial charge in [-0.15, -0.1) is 0 Å². The highest BCUT2D eigenvalue weighted by Gasteiger charge is 2.26. The van der Waals surface area contributed by atoms with Gasteiger partial charge in [0.05, 0.1) is 11.2 Å². The molecule has 1 aliphatic heterocycles. The number of imide groups is 1. The Bertz CT molecular complexity index is 972. The molecule has 0 spiro atoms. The molecule has 1 saturated heterocycles. The Hall–Kier alpha value is -2.92. The first kappa shape index (κ1) is 14.7. The molecule has 1 fully saturated rings.